The summed E-state index contributed by atoms with van der Waals surface area (Å²) in [6.07, 6.45) is 1.52. The molecule has 132 valence electrons. The highest BCUT2D eigenvalue weighted by atomic mass is 32.2. The minimum Gasteiger partial charge on any atom is -0.507 e. The minimum absolute atomic E-state index is 0.242. The number of rotatable bonds is 3. The number of nitrogens with zero attached hydrogens (tertiary/aromatic N) is 1. The number of carboxylic acids is 1. The zero-order valence-electron chi connectivity index (χ0n) is 13.0. The first-order valence-corrected chi connectivity index (χ1v) is 8.03. The Morgan fingerprint density at radius 2 is 1.77 bits per heavy atom. The molecule has 2 aromatic carbocycles. The highest BCUT2D eigenvalue weighted by Crippen LogP contribution is 2.31. The van der Waals surface area contributed by atoms with Gasteiger partial charge in [-0.1, -0.05) is 6.07 Å². The monoisotopic (exact) mass is 372 g/mol. The average Bonchev–Trinajstić information content (AvgIpc) is 2.92. The average molecular weight is 372 g/mol. The van der Waals surface area contributed by atoms with Crippen molar-refractivity contribution in [3.05, 3.63) is 52.4 Å². The number of carboxylic acid groups (broad SMARTS) is 1. The van der Waals surface area contributed by atoms with Crippen LogP contribution in [0.25, 0.3) is 6.08 Å². The van der Waals surface area contributed by atoms with Gasteiger partial charge in [0.25, 0.3) is 5.91 Å². The molecule has 1 amide bonds. The maximum atomic E-state index is 12.0. The molecule has 2 aromatic rings. The second-order valence-electron chi connectivity index (χ2n) is 5.24. The van der Waals surface area contributed by atoms with Crippen LogP contribution in [0, 0.1) is 0 Å². The summed E-state index contributed by atoms with van der Waals surface area (Å²) in [6.45, 7) is 0. The lowest BCUT2D eigenvalue weighted by molar-refractivity contribution is -0.115. The summed E-state index contributed by atoms with van der Waals surface area (Å²) in [5, 5.41) is 40.1. The predicted octanol–water partition coefficient (Wildman–Crippen LogP) is 2.39. The summed E-state index contributed by atoms with van der Waals surface area (Å²) in [5.74, 6) is -2.64. The van der Waals surface area contributed by atoms with Crippen LogP contribution in [0.15, 0.2) is 46.3 Å². The van der Waals surface area contributed by atoms with Gasteiger partial charge in [0.2, 0.25) is 0 Å². The van der Waals surface area contributed by atoms with E-state index >= 15 is 0 Å². The molecular formula is C17H12N2O6S. The van der Waals surface area contributed by atoms with Gasteiger partial charge < -0.3 is 25.7 Å². The molecule has 0 radical (unpaired) electrons. The standard InChI is InChI=1S/C17H12N2O6S/c20-11-4-2-9(7-10(11)16(24)25)18-17-19-15(23)14(26-17)6-8-1-3-12(21)13(22)5-8/h1-7,20-22H,(H,24,25)(H,18,19,23)/b14-6-. The van der Waals surface area contributed by atoms with Crippen LogP contribution in [0.4, 0.5) is 5.69 Å². The van der Waals surface area contributed by atoms with Crippen molar-refractivity contribution in [1.82, 2.24) is 5.32 Å². The van der Waals surface area contributed by atoms with Gasteiger partial charge in [-0.05, 0) is 53.7 Å². The van der Waals surface area contributed by atoms with Crippen molar-refractivity contribution in [1.29, 1.82) is 0 Å². The van der Waals surface area contributed by atoms with Gasteiger partial charge in [0, 0.05) is 0 Å². The van der Waals surface area contributed by atoms with Crippen molar-refractivity contribution in [3.63, 3.8) is 0 Å². The summed E-state index contributed by atoms with van der Waals surface area (Å²) in [4.78, 5) is 27.5. The smallest absolute Gasteiger partial charge is 0.339 e. The van der Waals surface area contributed by atoms with Crippen LogP contribution >= 0.6 is 11.8 Å². The molecule has 1 heterocycles. The Kier molecular flexibility index (Phi) is 4.55. The Balaban J connectivity index is 1.86. The first-order valence-electron chi connectivity index (χ1n) is 7.21. The van der Waals surface area contributed by atoms with Crippen LogP contribution in [-0.2, 0) is 4.79 Å². The van der Waals surface area contributed by atoms with Crippen LogP contribution in [0.3, 0.4) is 0 Å². The van der Waals surface area contributed by atoms with Gasteiger partial charge >= 0.3 is 5.97 Å². The van der Waals surface area contributed by atoms with Gasteiger partial charge in [0.1, 0.15) is 11.3 Å². The number of carbonyl (C=O) groups is 2. The molecular weight excluding hydrogens is 360 g/mol. The number of amidine groups is 1. The molecule has 0 atom stereocenters. The highest BCUT2D eigenvalue weighted by molar-refractivity contribution is 8.18. The molecule has 8 nitrogen and oxygen atoms in total. The molecule has 1 aliphatic heterocycles. The third kappa shape index (κ3) is 3.62. The molecule has 3 rings (SSSR count). The maximum absolute atomic E-state index is 12.0. The normalized spacial score (nSPS) is 16.8. The van der Waals surface area contributed by atoms with E-state index in [-0.39, 0.29) is 33.7 Å². The van der Waals surface area contributed by atoms with E-state index in [0.29, 0.717) is 10.5 Å². The van der Waals surface area contributed by atoms with E-state index in [1.54, 1.807) is 0 Å². The Bertz CT molecular complexity index is 983. The quantitative estimate of drug-likeness (QED) is 0.412. The number of phenols is 3. The number of nitrogens with one attached hydrogen (secondary N) is 1. The zero-order valence-corrected chi connectivity index (χ0v) is 13.8. The van der Waals surface area contributed by atoms with Crippen molar-refractivity contribution in [2.45, 2.75) is 0 Å². The zero-order chi connectivity index (χ0) is 18.8. The first-order chi connectivity index (χ1) is 12.3. The van der Waals surface area contributed by atoms with Crippen LogP contribution in [-0.4, -0.2) is 37.5 Å². The van der Waals surface area contributed by atoms with Crippen LogP contribution in [0.5, 0.6) is 17.2 Å². The van der Waals surface area contributed by atoms with Crippen molar-refractivity contribution in [2.75, 3.05) is 0 Å². The van der Waals surface area contributed by atoms with E-state index in [4.69, 9.17) is 5.11 Å². The van der Waals surface area contributed by atoms with Crippen molar-refractivity contribution in [3.8, 4) is 17.2 Å². The lowest BCUT2D eigenvalue weighted by Crippen LogP contribution is -2.19. The molecule has 5 N–H and O–H groups in total. The number of aliphatic imine (C=N–C) groups is 1. The first kappa shape index (κ1) is 17.4. The van der Waals surface area contributed by atoms with Gasteiger partial charge in [-0.2, -0.15) is 0 Å². The number of carbonyl (C=O) groups excluding carboxylic acids is 1. The summed E-state index contributed by atoms with van der Waals surface area (Å²) < 4.78 is 0. The highest BCUT2D eigenvalue weighted by Gasteiger charge is 2.24. The summed E-state index contributed by atoms with van der Waals surface area (Å²) in [6, 6.07) is 7.96. The number of benzene rings is 2. The summed E-state index contributed by atoms with van der Waals surface area (Å²) in [7, 11) is 0. The molecule has 0 unspecified atom stereocenters. The molecule has 0 saturated carbocycles. The number of phenolic OH excluding ortho intramolecular Hbond substituents is 2. The van der Waals surface area contributed by atoms with E-state index in [0.717, 1.165) is 11.8 Å². The predicted molar refractivity (Wildman–Crippen MR) is 95.6 cm³/mol. The number of thioether (sulfide) groups is 1. The molecule has 1 aliphatic rings. The number of hydrogen-bond donors (Lipinski definition) is 5. The van der Waals surface area contributed by atoms with Gasteiger partial charge in [-0.3, -0.25) is 4.79 Å². The number of hydrogen-bond acceptors (Lipinski definition) is 7. The maximum Gasteiger partial charge on any atom is 0.339 e. The third-order valence-corrected chi connectivity index (χ3v) is 4.30. The molecule has 0 bridgehead atoms. The number of aromatic carboxylic acids is 1. The lowest BCUT2D eigenvalue weighted by Gasteiger charge is -2.01. The second kappa shape index (κ2) is 6.81. The number of amides is 1. The fourth-order valence-corrected chi connectivity index (χ4v) is 2.99. The fourth-order valence-electron chi connectivity index (χ4n) is 2.14. The van der Waals surface area contributed by atoms with Gasteiger partial charge in [0.15, 0.2) is 16.7 Å². The molecule has 0 aromatic heterocycles. The molecule has 1 fully saturated rings. The van der Waals surface area contributed by atoms with E-state index < -0.39 is 11.9 Å². The van der Waals surface area contributed by atoms with Gasteiger partial charge in [0.05, 0.1) is 10.6 Å². The summed E-state index contributed by atoms with van der Waals surface area (Å²) >= 11 is 1.03. The van der Waals surface area contributed by atoms with Gasteiger partial charge in [-0.15, -0.1) is 0 Å². The van der Waals surface area contributed by atoms with Crippen LogP contribution < -0.4 is 5.32 Å². The minimum atomic E-state index is -1.29. The van der Waals surface area contributed by atoms with Crippen LogP contribution in [0.2, 0.25) is 0 Å². The SMILES string of the molecule is O=C1NC(=Nc2ccc(O)c(C(=O)O)c2)S/C1=C\c1ccc(O)c(O)c1. The van der Waals surface area contributed by atoms with E-state index in [1.807, 2.05) is 0 Å². The molecule has 0 aliphatic carbocycles. The summed E-state index contributed by atoms with van der Waals surface area (Å²) in [5.41, 5.74) is 0.472. The van der Waals surface area contributed by atoms with Crippen LogP contribution in [0.1, 0.15) is 15.9 Å². The Morgan fingerprint density at radius 3 is 2.46 bits per heavy atom. The third-order valence-electron chi connectivity index (χ3n) is 3.39. The molecule has 0 spiro atoms. The Morgan fingerprint density at radius 1 is 1.04 bits per heavy atom. The Labute approximate surface area is 151 Å². The van der Waals surface area contributed by atoms with E-state index in [2.05, 4.69) is 10.3 Å². The molecule has 1 saturated heterocycles. The lowest BCUT2D eigenvalue weighted by atomic mass is 10.2. The second-order valence-corrected chi connectivity index (χ2v) is 6.27. The van der Waals surface area contributed by atoms with E-state index in [1.165, 1.54) is 42.5 Å². The largest absolute Gasteiger partial charge is 0.507 e. The van der Waals surface area contributed by atoms with E-state index in [9.17, 15) is 24.9 Å². The van der Waals surface area contributed by atoms with Crippen molar-refractivity contribution >= 4 is 40.6 Å². The molecule has 9 heteroatoms. The number of aromatic hydroxyl groups is 3. The fraction of sp³-hybridized carbons (Fsp3) is 0. The topological polar surface area (TPSA) is 139 Å². The van der Waals surface area contributed by atoms with Crippen molar-refractivity contribution < 1.29 is 30.0 Å². The Hall–Kier alpha value is -3.46. The van der Waals surface area contributed by atoms with Gasteiger partial charge in [-0.25, -0.2) is 9.79 Å². The van der Waals surface area contributed by atoms with Crippen molar-refractivity contribution in [2.24, 2.45) is 4.99 Å². The molecule has 26 heavy (non-hydrogen) atoms.